The van der Waals surface area contributed by atoms with Crippen molar-refractivity contribution in [3.63, 3.8) is 0 Å². The van der Waals surface area contributed by atoms with E-state index in [9.17, 15) is 19.6 Å². The van der Waals surface area contributed by atoms with Gasteiger partial charge in [-0.25, -0.2) is 5.06 Å². The molecule has 1 spiro atoms. The van der Waals surface area contributed by atoms with Crippen LogP contribution in [0.1, 0.15) is 77.6 Å². The summed E-state index contributed by atoms with van der Waals surface area (Å²) in [5.41, 5.74) is 0.114. The van der Waals surface area contributed by atoms with Gasteiger partial charge in [0, 0.05) is 12.6 Å². The summed E-state index contributed by atoms with van der Waals surface area (Å²) in [6.45, 7) is 2.78. The highest BCUT2D eigenvalue weighted by Crippen LogP contribution is 2.55. The van der Waals surface area contributed by atoms with Gasteiger partial charge in [0.05, 0.1) is 12.5 Å². The molecule has 0 aromatic heterocycles. The first-order chi connectivity index (χ1) is 14.5. The monoisotopic (exact) mass is 419 g/mol. The quantitative estimate of drug-likeness (QED) is 0.324. The van der Waals surface area contributed by atoms with Crippen molar-refractivity contribution in [2.75, 3.05) is 13.1 Å². The first-order valence-corrected chi connectivity index (χ1v) is 12.0. The minimum atomic E-state index is -0.451. The number of nitrogens with zero attached hydrogens (tertiary/aromatic N) is 2. The van der Waals surface area contributed by atoms with Crippen molar-refractivity contribution in [1.82, 2.24) is 15.3 Å². The van der Waals surface area contributed by atoms with Crippen LogP contribution in [0.5, 0.6) is 0 Å². The Balaban J connectivity index is 1.56. The highest BCUT2D eigenvalue weighted by atomic mass is 16.5. The van der Waals surface area contributed by atoms with Crippen molar-refractivity contribution in [2.45, 2.75) is 89.6 Å². The Morgan fingerprint density at radius 2 is 1.93 bits per heavy atom. The van der Waals surface area contributed by atoms with Crippen LogP contribution in [0.2, 0.25) is 0 Å². The SMILES string of the molecule is CCCC(C1CCCC1)C(CN(O)C=O)C(=O)N1CC2(CC2)C[C@H]1C(=O)NC1CC1. The van der Waals surface area contributed by atoms with Gasteiger partial charge in [0.2, 0.25) is 18.2 Å². The Labute approximate surface area is 179 Å². The topological polar surface area (TPSA) is 90.0 Å². The highest BCUT2D eigenvalue weighted by molar-refractivity contribution is 5.90. The molecule has 4 rings (SSSR count). The number of hydrogen-bond acceptors (Lipinski definition) is 4. The fourth-order valence-corrected chi connectivity index (χ4v) is 5.92. The molecule has 1 heterocycles. The molecular formula is C23H37N3O4. The van der Waals surface area contributed by atoms with E-state index >= 15 is 0 Å². The summed E-state index contributed by atoms with van der Waals surface area (Å²) in [6, 6.07) is -0.132. The van der Waals surface area contributed by atoms with Gasteiger partial charge in [-0.05, 0) is 55.8 Å². The summed E-state index contributed by atoms with van der Waals surface area (Å²) in [7, 11) is 0. The van der Waals surface area contributed by atoms with E-state index in [2.05, 4.69) is 12.2 Å². The predicted octanol–water partition coefficient (Wildman–Crippen LogP) is 2.72. The van der Waals surface area contributed by atoms with E-state index < -0.39 is 12.0 Å². The number of nitrogens with one attached hydrogen (secondary N) is 1. The molecule has 168 valence electrons. The summed E-state index contributed by atoms with van der Waals surface area (Å²) in [5.74, 6) is 0.0875. The molecule has 3 aliphatic carbocycles. The zero-order valence-electron chi connectivity index (χ0n) is 18.2. The molecule has 7 heteroatoms. The molecule has 3 atom stereocenters. The molecule has 1 aliphatic heterocycles. The van der Waals surface area contributed by atoms with Crippen molar-refractivity contribution in [3.05, 3.63) is 0 Å². The largest absolute Gasteiger partial charge is 0.352 e. The second kappa shape index (κ2) is 8.85. The van der Waals surface area contributed by atoms with Gasteiger partial charge in [0.15, 0.2) is 0 Å². The van der Waals surface area contributed by atoms with E-state index in [1.165, 1.54) is 12.8 Å². The third kappa shape index (κ3) is 4.66. The first kappa shape index (κ1) is 21.6. The van der Waals surface area contributed by atoms with Crippen molar-refractivity contribution >= 4 is 18.2 Å². The van der Waals surface area contributed by atoms with Gasteiger partial charge in [-0.2, -0.15) is 0 Å². The number of hydrogen-bond donors (Lipinski definition) is 2. The zero-order chi connectivity index (χ0) is 21.3. The highest BCUT2D eigenvalue weighted by Gasteiger charge is 2.56. The molecule has 30 heavy (non-hydrogen) atoms. The van der Waals surface area contributed by atoms with Crippen LogP contribution in [0.25, 0.3) is 0 Å². The third-order valence-electron chi connectivity index (χ3n) is 7.94. The molecular weight excluding hydrogens is 382 g/mol. The Kier molecular flexibility index (Phi) is 6.37. The van der Waals surface area contributed by atoms with Crippen LogP contribution in [-0.2, 0) is 14.4 Å². The second-order valence-corrected chi connectivity index (χ2v) is 10.3. The van der Waals surface area contributed by atoms with Crippen LogP contribution >= 0.6 is 0 Å². The molecule has 0 aromatic carbocycles. The van der Waals surface area contributed by atoms with Gasteiger partial charge >= 0.3 is 0 Å². The molecule has 2 N–H and O–H groups in total. The predicted molar refractivity (Wildman–Crippen MR) is 111 cm³/mol. The lowest BCUT2D eigenvalue weighted by Gasteiger charge is -2.36. The van der Waals surface area contributed by atoms with E-state index in [4.69, 9.17) is 0 Å². The fraction of sp³-hybridized carbons (Fsp3) is 0.870. The normalized spacial score (nSPS) is 27.1. The van der Waals surface area contributed by atoms with Crippen molar-refractivity contribution in [2.24, 2.45) is 23.2 Å². The summed E-state index contributed by atoms with van der Waals surface area (Å²) < 4.78 is 0. The number of hydroxylamine groups is 2. The maximum atomic E-state index is 13.9. The van der Waals surface area contributed by atoms with Gasteiger partial charge in [-0.15, -0.1) is 0 Å². The van der Waals surface area contributed by atoms with Gasteiger partial charge in [0.1, 0.15) is 6.04 Å². The lowest BCUT2D eigenvalue weighted by molar-refractivity contribution is -0.161. The summed E-state index contributed by atoms with van der Waals surface area (Å²) in [6.07, 6.45) is 11.8. The molecule has 0 bridgehead atoms. The van der Waals surface area contributed by atoms with E-state index in [1.807, 2.05) is 4.90 Å². The van der Waals surface area contributed by atoms with Crippen molar-refractivity contribution in [1.29, 1.82) is 0 Å². The maximum absolute atomic E-state index is 13.9. The zero-order valence-corrected chi connectivity index (χ0v) is 18.2. The Bertz CT molecular complexity index is 655. The van der Waals surface area contributed by atoms with Gasteiger partial charge in [-0.1, -0.05) is 39.0 Å². The van der Waals surface area contributed by atoms with Gasteiger partial charge < -0.3 is 10.2 Å². The molecule has 0 aromatic rings. The molecule has 3 amide bonds. The van der Waals surface area contributed by atoms with E-state index in [0.717, 1.165) is 57.8 Å². The summed E-state index contributed by atoms with van der Waals surface area (Å²) >= 11 is 0. The van der Waals surface area contributed by atoms with E-state index in [-0.39, 0.29) is 35.7 Å². The molecule has 3 saturated carbocycles. The van der Waals surface area contributed by atoms with Gasteiger partial charge in [0.25, 0.3) is 0 Å². The van der Waals surface area contributed by atoms with Crippen LogP contribution in [0, 0.1) is 23.2 Å². The molecule has 1 saturated heterocycles. The molecule has 4 aliphatic rings. The number of likely N-dealkylation sites (tertiary alicyclic amines) is 1. The standard InChI is InChI=1S/C23H37N3O4/c1-2-5-18(16-6-3-4-7-16)19(13-25(30)15-27)22(29)26-14-23(10-11-23)12-20(26)21(28)24-17-8-9-17/h15-20,30H,2-14H2,1H3,(H,24,28)/t18?,19?,20-/m0/s1. The van der Waals surface area contributed by atoms with Crippen LogP contribution in [0.3, 0.4) is 0 Å². The third-order valence-corrected chi connectivity index (χ3v) is 7.94. The number of amides is 3. The summed E-state index contributed by atoms with van der Waals surface area (Å²) in [4.78, 5) is 39.8. The van der Waals surface area contributed by atoms with Crippen molar-refractivity contribution in [3.8, 4) is 0 Å². The van der Waals surface area contributed by atoms with E-state index in [0.29, 0.717) is 23.9 Å². The molecule has 2 unspecified atom stereocenters. The molecule has 4 fully saturated rings. The maximum Gasteiger partial charge on any atom is 0.243 e. The first-order valence-electron chi connectivity index (χ1n) is 12.0. The van der Waals surface area contributed by atoms with Crippen molar-refractivity contribution < 1.29 is 19.6 Å². The summed E-state index contributed by atoms with van der Waals surface area (Å²) in [5, 5.41) is 13.7. The molecule has 7 nitrogen and oxygen atoms in total. The van der Waals surface area contributed by atoms with Crippen LogP contribution in [0.15, 0.2) is 0 Å². The van der Waals surface area contributed by atoms with Crippen LogP contribution in [0.4, 0.5) is 0 Å². The average molecular weight is 420 g/mol. The van der Waals surface area contributed by atoms with Crippen LogP contribution < -0.4 is 5.32 Å². The lowest BCUT2D eigenvalue weighted by Crippen LogP contribution is -2.51. The minimum Gasteiger partial charge on any atom is -0.352 e. The molecule has 0 radical (unpaired) electrons. The number of carbonyl (C=O) groups is 3. The smallest absolute Gasteiger partial charge is 0.243 e. The number of carbonyl (C=O) groups excluding carboxylic acids is 3. The minimum absolute atomic E-state index is 0.0162. The fourth-order valence-electron chi connectivity index (χ4n) is 5.92. The van der Waals surface area contributed by atoms with E-state index in [1.54, 1.807) is 0 Å². The van der Waals surface area contributed by atoms with Gasteiger partial charge in [-0.3, -0.25) is 19.6 Å². The lowest BCUT2D eigenvalue weighted by atomic mass is 9.76. The van der Waals surface area contributed by atoms with Crippen LogP contribution in [-0.4, -0.2) is 58.6 Å². The Morgan fingerprint density at radius 3 is 2.50 bits per heavy atom. The Morgan fingerprint density at radius 1 is 1.23 bits per heavy atom. The Hall–Kier alpha value is -1.63. The number of rotatable bonds is 10. The average Bonchev–Trinajstić information content (AvgIpc) is 3.59. The second-order valence-electron chi connectivity index (χ2n) is 10.3.